The lowest BCUT2D eigenvalue weighted by Gasteiger charge is -2.40. The zero-order chi connectivity index (χ0) is 26.1. The number of rotatable bonds is 6. The Kier molecular flexibility index (Phi) is 6.94. The number of carbonyl (C=O) groups excluding carboxylic acids is 1. The maximum Gasteiger partial charge on any atom is 0.299 e. The van der Waals surface area contributed by atoms with Gasteiger partial charge in [0.1, 0.15) is 11.6 Å². The standard InChI is InChI=1S/C25H23F5N4O2/c1-16(33-13-10-24(27,28)21(15-33)17-8-11-34(36)12-9-17)23(35)32-22-7-4-19(14-31-22)25(29,30)18-2-5-20(26)6-3-18/h2-9,11-12,14,16,21H,10,13,15H2,1H3,(H,31,32,35)/t16-,21+/m0/s1. The smallest absolute Gasteiger partial charge is 0.299 e. The molecular weight excluding hydrogens is 483 g/mol. The molecule has 1 aromatic carbocycles. The Hall–Kier alpha value is -3.60. The maximum atomic E-state index is 14.7. The first-order chi connectivity index (χ1) is 17.0. The minimum Gasteiger partial charge on any atom is -0.619 e. The third-order valence-electron chi connectivity index (χ3n) is 6.40. The van der Waals surface area contributed by atoms with Gasteiger partial charge in [0.25, 0.3) is 11.8 Å². The van der Waals surface area contributed by atoms with Gasteiger partial charge in [-0.1, -0.05) is 0 Å². The highest BCUT2D eigenvalue weighted by Crippen LogP contribution is 2.40. The van der Waals surface area contributed by atoms with Crippen molar-refractivity contribution in [3.05, 3.63) is 94.8 Å². The van der Waals surface area contributed by atoms with Crippen LogP contribution in [0.4, 0.5) is 27.8 Å². The number of anilines is 1. The Morgan fingerprint density at radius 2 is 1.78 bits per heavy atom. The molecule has 1 saturated heterocycles. The average molecular weight is 506 g/mol. The first-order valence-electron chi connectivity index (χ1n) is 11.2. The summed E-state index contributed by atoms with van der Waals surface area (Å²) >= 11 is 0. The van der Waals surface area contributed by atoms with Crippen molar-refractivity contribution in [2.75, 3.05) is 18.4 Å². The Morgan fingerprint density at radius 1 is 1.14 bits per heavy atom. The van der Waals surface area contributed by atoms with E-state index in [1.807, 2.05) is 0 Å². The molecule has 0 bridgehead atoms. The second-order valence-corrected chi connectivity index (χ2v) is 8.73. The van der Waals surface area contributed by atoms with E-state index in [-0.39, 0.29) is 18.9 Å². The summed E-state index contributed by atoms with van der Waals surface area (Å²) in [5.74, 6) is -8.78. The van der Waals surface area contributed by atoms with Gasteiger partial charge in [-0.3, -0.25) is 9.69 Å². The average Bonchev–Trinajstić information content (AvgIpc) is 2.85. The van der Waals surface area contributed by atoms with Crippen molar-refractivity contribution < 1.29 is 31.5 Å². The topological polar surface area (TPSA) is 72.2 Å². The molecule has 1 aliphatic rings. The second-order valence-electron chi connectivity index (χ2n) is 8.73. The molecule has 6 nitrogen and oxygen atoms in total. The summed E-state index contributed by atoms with van der Waals surface area (Å²) in [5, 5.41) is 13.8. The van der Waals surface area contributed by atoms with Crippen molar-refractivity contribution in [2.45, 2.75) is 37.1 Å². The molecule has 0 aliphatic carbocycles. The molecule has 2 aromatic heterocycles. The number of amides is 1. The van der Waals surface area contributed by atoms with Gasteiger partial charge in [0.05, 0.1) is 12.0 Å². The fourth-order valence-electron chi connectivity index (χ4n) is 4.16. The summed E-state index contributed by atoms with van der Waals surface area (Å²) in [4.78, 5) is 18.3. The number of halogens is 5. The molecular formula is C25H23F5N4O2. The van der Waals surface area contributed by atoms with Crippen LogP contribution in [0.15, 0.2) is 67.1 Å². The number of hydrogen-bond donors (Lipinski definition) is 1. The predicted octanol–water partition coefficient (Wildman–Crippen LogP) is 4.45. The van der Waals surface area contributed by atoms with E-state index >= 15 is 0 Å². The summed E-state index contributed by atoms with van der Waals surface area (Å²) < 4.78 is 72.2. The monoisotopic (exact) mass is 506 g/mol. The largest absolute Gasteiger partial charge is 0.619 e. The molecule has 3 aromatic rings. The van der Waals surface area contributed by atoms with Crippen molar-refractivity contribution >= 4 is 11.7 Å². The Bertz CT molecular complexity index is 1200. The van der Waals surface area contributed by atoms with Crippen LogP contribution >= 0.6 is 0 Å². The fourth-order valence-corrected chi connectivity index (χ4v) is 4.16. The molecule has 1 aliphatic heterocycles. The van der Waals surface area contributed by atoms with E-state index in [9.17, 15) is 32.0 Å². The van der Waals surface area contributed by atoms with Gasteiger partial charge in [0, 0.05) is 49.0 Å². The number of nitrogens with zero attached hydrogens (tertiary/aromatic N) is 3. The molecule has 2 atom stereocenters. The number of alkyl halides is 4. The van der Waals surface area contributed by atoms with Crippen LogP contribution < -0.4 is 10.0 Å². The summed E-state index contributed by atoms with van der Waals surface area (Å²) in [7, 11) is 0. The SMILES string of the molecule is C[C@@H](C(=O)Nc1ccc(C(F)(F)c2ccc(F)cc2)cn1)N1CCC(F)(F)[C@@H](c2cc[n+]([O-])cc2)C1. The molecule has 0 unspecified atom stereocenters. The van der Waals surface area contributed by atoms with Crippen LogP contribution in [-0.2, 0) is 10.7 Å². The Balaban J connectivity index is 1.43. The van der Waals surface area contributed by atoms with Crippen molar-refractivity contribution in [2.24, 2.45) is 0 Å². The highest BCUT2D eigenvalue weighted by atomic mass is 19.3. The number of aromatic nitrogens is 2. The third kappa shape index (κ3) is 5.30. The molecule has 1 N–H and O–H groups in total. The van der Waals surface area contributed by atoms with E-state index in [4.69, 9.17) is 0 Å². The maximum absolute atomic E-state index is 14.7. The minimum absolute atomic E-state index is 0.0208. The van der Waals surface area contributed by atoms with Gasteiger partial charge < -0.3 is 10.5 Å². The van der Waals surface area contributed by atoms with Crippen LogP contribution in [-0.4, -0.2) is 40.8 Å². The zero-order valence-electron chi connectivity index (χ0n) is 19.2. The molecule has 190 valence electrons. The van der Waals surface area contributed by atoms with E-state index < -0.39 is 53.1 Å². The van der Waals surface area contributed by atoms with Crippen molar-refractivity contribution in [1.82, 2.24) is 9.88 Å². The molecule has 3 heterocycles. The minimum atomic E-state index is -3.42. The van der Waals surface area contributed by atoms with Gasteiger partial charge in [-0.05, 0) is 48.9 Å². The summed E-state index contributed by atoms with van der Waals surface area (Å²) in [6.45, 7) is 1.42. The molecule has 0 radical (unpaired) electrons. The molecule has 1 fully saturated rings. The molecule has 11 heteroatoms. The quantitative estimate of drug-likeness (QED) is 0.305. The lowest BCUT2D eigenvalue weighted by molar-refractivity contribution is -0.605. The van der Waals surface area contributed by atoms with Gasteiger partial charge in [-0.15, -0.1) is 0 Å². The Morgan fingerprint density at radius 3 is 2.39 bits per heavy atom. The molecule has 1 amide bonds. The molecule has 0 spiro atoms. The summed E-state index contributed by atoms with van der Waals surface area (Å²) in [6.07, 6.45) is 2.75. The van der Waals surface area contributed by atoms with E-state index in [1.165, 1.54) is 18.2 Å². The van der Waals surface area contributed by atoms with Crippen LogP contribution in [0.3, 0.4) is 0 Å². The Labute approximate surface area is 204 Å². The number of piperidine rings is 1. The van der Waals surface area contributed by atoms with E-state index in [2.05, 4.69) is 10.3 Å². The van der Waals surface area contributed by atoms with E-state index in [1.54, 1.807) is 11.8 Å². The van der Waals surface area contributed by atoms with Gasteiger partial charge >= 0.3 is 0 Å². The van der Waals surface area contributed by atoms with Gasteiger partial charge in [-0.25, -0.2) is 18.2 Å². The lowest BCUT2D eigenvalue weighted by Crippen LogP contribution is -2.52. The normalized spacial score (nSPS) is 19.0. The van der Waals surface area contributed by atoms with E-state index in [0.717, 1.165) is 48.9 Å². The van der Waals surface area contributed by atoms with Crippen molar-refractivity contribution in [3.8, 4) is 0 Å². The number of likely N-dealkylation sites (tertiary alicyclic amines) is 1. The summed E-state index contributed by atoms with van der Waals surface area (Å²) in [5.41, 5.74) is -0.552. The lowest BCUT2D eigenvalue weighted by atomic mass is 9.87. The second kappa shape index (κ2) is 9.81. The van der Waals surface area contributed by atoms with Crippen molar-refractivity contribution in [1.29, 1.82) is 0 Å². The third-order valence-corrected chi connectivity index (χ3v) is 6.40. The van der Waals surface area contributed by atoms with Crippen LogP contribution in [0.1, 0.15) is 36.0 Å². The molecule has 36 heavy (non-hydrogen) atoms. The highest BCUT2D eigenvalue weighted by molar-refractivity contribution is 5.93. The van der Waals surface area contributed by atoms with Gasteiger partial charge in [0.15, 0.2) is 12.4 Å². The highest BCUT2D eigenvalue weighted by Gasteiger charge is 2.46. The van der Waals surface area contributed by atoms with Gasteiger partial charge in [0.2, 0.25) is 5.91 Å². The molecule has 0 saturated carbocycles. The molecule has 4 rings (SSSR count). The fraction of sp³-hybridized carbons (Fsp3) is 0.320. The number of nitrogens with one attached hydrogen (secondary N) is 1. The summed E-state index contributed by atoms with van der Waals surface area (Å²) in [6, 6.07) is 8.03. The first-order valence-corrected chi connectivity index (χ1v) is 11.2. The van der Waals surface area contributed by atoms with Crippen molar-refractivity contribution in [3.63, 3.8) is 0 Å². The van der Waals surface area contributed by atoms with Crippen LogP contribution in [0.5, 0.6) is 0 Å². The zero-order valence-corrected chi connectivity index (χ0v) is 19.2. The predicted molar refractivity (Wildman–Crippen MR) is 121 cm³/mol. The van der Waals surface area contributed by atoms with Gasteiger partial charge in [-0.2, -0.15) is 13.5 Å². The van der Waals surface area contributed by atoms with Crippen LogP contribution in [0, 0.1) is 11.0 Å². The first kappa shape index (κ1) is 25.5. The number of benzene rings is 1. The number of pyridine rings is 2. The van der Waals surface area contributed by atoms with E-state index in [0.29, 0.717) is 10.3 Å². The number of hydrogen-bond acceptors (Lipinski definition) is 4. The van der Waals surface area contributed by atoms with Crippen LogP contribution in [0.25, 0.3) is 0 Å². The van der Waals surface area contributed by atoms with Crippen LogP contribution in [0.2, 0.25) is 0 Å². The number of carbonyl (C=O) groups is 1.